The molecular formula is C10H21F3. The van der Waals surface area contributed by atoms with E-state index in [0.29, 0.717) is 12.3 Å². The van der Waals surface area contributed by atoms with Gasteiger partial charge in [-0.25, -0.2) is 13.2 Å². The van der Waals surface area contributed by atoms with Crippen molar-refractivity contribution in [2.45, 2.75) is 53.6 Å². The summed E-state index contributed by atoms with van der Waals surface area (Å²) >= 11 is 0. The molecule has 0 saturated heterocycles. The van der Waals surface area contributed by atoms with Crippen LogP contribution in [0.15, 0.2) is 0 Å². The molecule has 0 rings (SSSR count). The summed E-state index contributed by atoms with van der Waals surface area (Å²) in [6, 6.07) is 0. The summed E-state index contributed by atoms with van der Waals surface area (Å²) in [5.41, 5.74) is 0. The topological polar surface area (TPSA) is 0 Å². The molecule has 0 heterocycles. The van der Waals surface area contributed by atoms with Crippen LogP contribution in [-0.2, 0) is 0 Å². The molecule has 1 unspecified atom stereocenters. The highest BCUT2D eigenvalue weighted by Crippen LogP contribution is 2.05. The third-order valence-electron chi connectivity index (χ3n) is 1.30. The molecule has 0 aliphatic rings. The molecule has 0 spiro atoms. The Morgan fingerprint density at radius 1 is 0.846 bits per heavy atom. The molecule has 0 aromatic carbocycles. The number of rotatable bonds is 3. The lowest BCUT2D eigenvalue weighted by molar-refractivity contribution is 0.0955. The highest BCUT2D eigenvalue weighted by Gasteiger charge is 2.05. The number of alkyl halides is 3. The van der Waals surface area contributed by atoms with Crippen molar-refractivity contribution in [3.63, 3.8) is 0 Å². The van der Waals surface area contributed by atoms with Gasteiger partial charge in [0.05, 0.1) is 6.17 Å². The van der Waals surface area contributed by atoms with E-state index in [1.54, 1.807) is 6.92 Å². The highest BCUT2D eigenvalue weighted by atomic mass is 19.3. The van der Waals surface area contributed by atoms with E-state index in [1.807, 2.05) is 13.8 Å². The first-order valence-corrected chi connectivity index (χ1v) is 4.69. The second-order valence-corrected chi connectivity index (χ2v) is 3.99. The van der Waals surface area contributed by atoms with Gasteiger partial charge in [-0.3, -0.25) is 0 Å². The summed E-state index contributed by atoms with van der Waals surface area (Å²) in [6.45, 7) is 8.63. The van der Waals surface area contributed by atoms with Gasteiger partial charge in [-0.1, -0.05) is 27.7 Å². The molecule has 3 heteroatoms. The van der Waals surface area contributed by atoms with Crippen LogP contribution in [0.3, 0.4) is 0 Å². The fourth-order valence-electron chi connectivity index (χ4n) is 0.650. The molecule has 0 nitrogen and oxygen atoms in total. The van der Waals surface area contributed by atoms with Crippen molar-refractivity contribution in [3.8, 4) is 0 Å². The van der Waals surface area contributed by atoms with Crippen LogP contribution >= 0.6 is 0 Å². The molecule has 0 aliphatic heterocycles. The Kier molecular flexibility index (Phi) is 9.86. The SMILES string of the molecule is CC(C)C(F)F.CC(C)CC(C)F. The Balaban J connectivity index is 0. The van der Waals surface area contributed by atoms with Crippen LogP contribution in [0.4, 0.5) is 13.2 Å². The molecule has 0 aromatic rings. The van der Waals surface area contributed by atoms with E-state index in [1.165, 1.54) is 13.8 Å². The number of hydrogen-bond acceptors (Lipinski definition) is 0. The van der Waals surface area contributed by atoms with Crippen molar-refractivity contribution in [3.05, 3.63) is 0 Å². The predicted molar refractivity (Wildman–Crippen MR) is 50.9 cm³/mol. The first-order valence-electron chi connectivity index (χ1n) is 4.69. The summed E-state index contributed by atoms with van der Waals surface area (Å²) < 4.78 is 34.3. The van der Waals surface area contributed by atoms with Crippen LogP contribution in [0, 0.1) is 11.8 Å². The molecule has 0 N–H and O–H groups in total. The normalized spacial score (nSPS) is 13.2. The molecule has 0 fully saturated rings. The van der Waals surface area contributed by atoms with Crippen molar-refractivity contribution in [1.29, 1.82) is 0 Å². The van der Waals surface area contributed by atoms with Crippen LogP contribution < -0.4 is 0 Å². The third kappa shape index (κ3) is 18.6. The maximum Gasteiger partial charge on any atom is 0.240 e. The zero-order valence-corrected chi connectivity index (χ0v) is 9.15. The van der Waals surface area contributed by atoms with E-state index >= 15 is 0 Å². The van der Waals surface area contributed by atoms with Gasteiger partial charge < -0.3 is 0 Å². The molecule has 1 atom stereocenters. The molecule has 0 amide bonds. The standard InChI is InChI=1S/C6H13F.C4H8F2/c1-5(2)4-6(3)7;1-3(2)4(5)6/h5-6H,4H2,1-3H3;3-4H,1-2H3. The largest absolute Gasteiger partial charge is 0.248 e. The first kappa shape index (κ1) is 15.3. The Bertz CT molecular complexity index is 86.3. The molecule has 0 radical (unpaired) electrons. The van der Waals surface area contributed by atoms with Crippen LogP contribution in [0.1, 0.15) is 41.0 Å². The molecule has 13 heavy (non-hydrogen) atoms. The minimum Gasteiger partial charge on any atom is -0.248 e. The van der Waals surface area contributed by atoms with Crippen LogP contribution in [0.5, 0.6) is 0 Å². The lowest BCUT2D eigenvalue weighted by Gasteiger charge is -2.02. The van der Waals surface area contributed by atoms with E-state index in [4.69, 9.17) is 0 Å². The summed E-state index contributed by atoms with van der Waals surface area (Å²) in [6.07, 6.45) is -2.08. The average Bonchev–Trinajstić information content (AvgIpc) is 1.84. The predicted octanol–water partition coefficient (Wildman–Crippen LogP) is 4.30. The zero-order chi connectivity index (χ0) is 11.0. The van der Waals surface area contributed by atoms with Crippen molar-refractivity contribution in [2.24, 2.45) is 11.8 Å². The maximum atomic E-state index is 12.0. The fourth-order valence-corrected chi connectivity index (χ4v) is 0.650. The second kappa shape index (κ2) is 8.39. The number of hydrogen-bond donors (Lipinski definition) is 0. The Morgan fingerprint density at radius 2 is 1.15 bits per heavy atom. The minimum absolute atomic E-state index is 0.481. The Hall–Kier alpha value is -0.210. The average molecular weight is 198 g/mol. The summed E-state index contributed by atoms with van der Waals surface area (Å²) in [5, 5.41) is 0. The van der Waals surface area contributed by atoms with Gasteiger partial charge >= 0.3 is 0 Å². The van der Waals surface area contributed by atoms with Crippen molar-refractivity contribution in [1.82, 2.24) is 0 Å². The molecule has 82 valence electrons. The van der Waals surface area contributed by atoms with E-state index < -0.39 is 18.5 Å². The monoisotopic (exact) mass is 198 g/mol. The lowest BCUT2D eigenvalue weighted by Crippen LogP contribution is -1.99. The van der Waals surface area contributed by atoms with Gasteiger partial charge in [-0.15, -0.1) is 0 Å². The van der Waals surface area contributed by atoms with E-state index in [2.05, 4.69) is 0 Å². The van der Waals surface area contributed by atoms with Gasteiger partial charge in [-0.05, 0) is 19.3 Å². The number of halogens is 3. The van der Waals surface area contributed by atoms with Gasteiger partial charge in [-0.2, -0.15) is 0 Å². The van der Waals surface area contributed by atoms with Gasteiger partial charge in [0.15, 0.2) is 0 Å². The van der Waals surface area contributed by atoms with Gasteiger partial charge in [0.25, 0.3) is 0 Å². The molecule has 0 aromatic heterocycles. The maximum absolute atomic E-state index is 12.0. The summed E-state index contributed by atoms with van der Waals surface area (Å²) in [4.78, 5) is 0. The second-order valence-electron chi connectivity index (χ2n) is 3.99. The summed E-state index contributed by atoms with van der Waals surface area (Å²) in [5.74, 6) is 0.0185. The van der Waals surface area contributed by atoms with Crippen molar-refractivity contribution >= 4 is 0 Å². The van der Waals surface area contributed by atoms with Crippen LogP contribution in [0.2, 0.25) is 0 Å². The molecule has 0 aliphatic carbocycles. The quantitative estimate of drug-likeness (QED) is 0.634. The molecule has 0 bridgehead atoms. The summed E-state index contributed by atoms with van der Waals surface area (Å²) in [7, 11) is 0. The highest BCUT2D eigenvalue weighted by molar-refractivity contribution is 4.50. The third-order valence-corrected chi connectivity index (χ3v) is 1.30. The van der Waals surface area contributed by atoms with Gasteiger partial charge in [0.1, 0.15) is 0 Å². The van der Waals surface area contributed by atoms with E-state index in [0.717, 1.165) is 0 Å². The Morgan fingerprint density at radius 3 is 1.15 bits per heavy atom. The molecule has 0 saturated carbocycles. The van der Waals surface area contributed by atoms with E-state index in [9.17, 15) is 13.2 Å². The minimum atomic E-state index is -2.15. The fraction of sp³-hybridized carbons (Fsp3) is 1.00. The van der Waals surface area contributed by atoms with E-state index in [-0.39, 0.29) is 0 Å². The van der Waals surface area contributed by atoms with Crippen molar-refractivity contribution in [2.75, 3.05) is 0 Å². The lowest BCUT2D eigenvalue weighted by atomic mass is 10.1. The van der Waals surface area contributed by atoms with Gasteiger partial charge in [0, 0.05) is 5.92 Å². The first-order chi connectivity index (χ1) is 5.77. The van der Waals surface area contributed by atoms with Crippen LogP contribution in [0.25, 0.3) is 0 Å². The van der Waals surface area contributed by atoms with Crippen LogP contribution in [-0.4, -0.2) is 12.6 Å². The molecular weight excluding hydrogens is 177 g/mol. The smallest absolute Gasteiger partial charge is 0.240 e. The van der Waals surface area contributed by atoms with Gasteiger partial charge in [0.2, 0.25) is 6.43 Å². The zero-order valence-electron chi connectivity index (χ0n) is 9.15. The van der Waals surface area contributed by atoms with Crippen molar-refractivity contribution < 1.29 is 13.2 Å². The Labute approximate surface area is 79.5 Å².